The fraction of sp³-hybridized carbons (Fsp3) is 0.318. The van der Waals surface area contributed by atoms with Crippen molar-refractivity contribution in [2.24, 2.45) is 0 Å². The summed E-state index contributed by atoms with van der Waals surface area (Å²) in [6, 6.07) is 7.30. The van der Waals surface area contributed by atoms with E-state index in [1.54, 1.807) is 13.0 Å². The van der Waals surface area contributed by atoms with Gasteiger partial charge in [0, 0.05) is 20.6 Å². The van der Waals surface area contributed by atoms with Gasteiger partial charge in [0.25, 0.3) is 11.1 Å². The molecule has 0 unspecified atom stereocenters. The quantitative estimate of drug-likeness (QED) is 0.305. The number of ether oxygens (including phenoxy) is 1. The van der Waals surface area contributed by atoms with Gasteiger partial charge in [-0.2, -0.15) is 0 Å². The summed E-state index contributed by atoms with van der Waals surface area (Å²) in [6.07, 6.45) is 1.72. The van der Waals surface area contributed by atoms with Gasteiger partial charge in [-0.3, -0.25) is 14.5 Å². The van der Waals surface area contributed by atoms with Crippen molar-refractivity contribution in [3.05, 3.63) is 55.3 Å². The van der Waals surface area contributed by atoms with E-state index >= 15 is 0 Å². The Hall–Kier alpha value is -2.07. The molecule has 6 nitrogen and oxygen atoms in total. The second-order valence-corrected chi connectivity index (χ2v) is 9.23. The predicted octanol–water partition coefficient (Wildman–Crippen LogP) is 5.00. The van der Waals surface area contributed by atoms with E-state index in [0.717, 1.165) is 39.3 Å². The van der Waals surface area contributed by atoms with Crippen LogP contribution < -0.4 is 0 Å². The van der Waals surface area contributed by atoms with Crippen molar-refractivity contribution in [1.82, 2.24) is 9.47 Å². The highest BCUT2D eigenvalue weighted by molar-refractivity contribution is 14.1. The van der Waals surface area contributed by atoms with Gasteiger partial charge < -0.3 is 9.30 Å². The second-order valence-electron chi connectivity index (χ2n) is 7.08. The molecule has 0 spiro atoms. The molecule has 8 heteroatoms. The van der Waals surface area contributed by atoms with Crippen molar-refractivity contribution < 1.29 is 19.1 Å². The van der Waals surface area contributed by atoms with Crippen LogP contribution in [0.4, 0.5) is 4.79 Å². The molecule has 1 atom stereocenters. The van der Waals surface area contributed by atoms with Crippen LogP contribution in [0.1, 0.15) is 36.4 Å². The smallest absolute Gasteiger partial charge is 0.329 e. The molecule has 0 aliphatic carbocycles. The minimum absolute atomic E-state index is 0.194. The SMILES string of the molecule is CCOC(=O)[C@@H](C)N1C(=O)S/C(=C\c2cc(C)n(-c3ccc(I)c(C)c3)c2C)C1=O. The Bertz CT molecular complexity index is 1070. The van der Waals surface area contributed by atoms with Crippen LogP contribution >= 0.6 is 34.4 Å². The number of hydrogen-bond acceptors (Lipinski definition) is 5. The summed E-state index contributed by atoms with van der Waals surface area (Å²) in [5.74, 6) is -1.06. The van der Waals surface area contributed by atoms with Crippen molar-refractivity contribution in [2.75, 3.05) is 6.61 Å². The Morgan fingerprint density at radius 2 is 1.93 bits per heavy atom. The number of hydrogen-bond donors (Lipinski definition) is 0. The molecule has 0 radical (unpaired) electrons. The Labute approximate surface area is 193 Å². The number of aromatic nitrogens is 1. The lowest BCUT2D eigenvalue weighted by molar-refractivity contribution is -0.150. The third kappa shape index (κ3) is 4.20. The number of amides is 2. The maximum Gasteiger partial charge on any atom is 0.329 e. The fourth-order valence-electron chi connectivity index (χ4n) is 3.42. The van der Waals surface area contributed by atoms with E-state index in [4.69, 9.17) is 4.74 Å². The molecule has 158 valence electrons. The van der Waals surface area contributed by atoms with Crippen LogP contribution in [0, 0.1) is 24.3 Å². The van der Waals surface area contributed by atoms with Gasteiger partial charge in [0.05, 0.1) is 11.5 Å². The van der Waals surface area contributed by atoms with Crippen molar-refractivity contribution in [2.45, 2.75) is 40.7 Å². The molecule has 3 rings (SSSR count). The second kappa shape index (κ2) is 8.97. The van der Waals surface area contributed by atoms with Gasteiger partial charge in [0.1, 0.15) is 6.04 Å². The van der Waals surface area contributed by atoms with Crippen LogP contribution in [0.3, 0.4) is 0 Å². The lowest BCUT2D eigenvalue weighted by Crippen LogP contribution is -2.42. The topological polar surface area (TPSA) is 68.6 Å². The van der Waals surface area contributed by atoms with Crippen molar-refractivity contribution in [3.8, 4) is 5.69 Å². The molecule has 1 aliphatic rings. The lowest BCUT2D eigenvalue weighted by atomic mass is 10.2. The zero-order chi connectivity index (χ0) is 22.2. The van der Waals surface area contributed by atoms with Gasteiger partial charge in [-0.25, -0.2) is 4.79 Å². The summed E-state index contributed by atoms with van der Waals surface area (Å²) in [4.78, 5) is 38.5. The summed E-state index contributed by atoms with van der Waals surface area (Å²) < 4.78 is 8.28. The Morgan fingerprint density at radius 1 is 1.23 bits per heavy atom. The van der Waals surface area contributed by atoms with E-state index in [-0.39, 0.29) is 6.61 Å². The van der Waals surface area contributed by atoms with E-state index in [0.29, 0.717) is 4.91 Å². The number of esters is 1. The van der Waals surface area contributed by atoms with Crippen molar-refractivity contribution in [1.29, 1.82) is 0 Å². The predicted molar refractivity (Wildman–Crippen MR) is 127 cm³/mol. The first kappa shape index (κ1) is 22.6. The molecule has 0 saturated carbocycles. The normalized spacial score (nSPS) is 16.5. The molecular formula is C22H23IN2O4S. The Balaban J connectivity index is 1.94. The minimum Gasteiger partial charge on any atom is -0.464 e. The molecule has 1 aromatic carbocycles. The molecule has 1 saturated heterocycles. The fourth-order valence-corrected chi connectivity index (χ4v) is 4.66. The summed E-state index contributed by atoms with van der Waals surface area (Å²) in [6.45, 7) is 9.44. The largest absolute Gasteiger partial charge is 0.464 e. The average Bonchev–Trinajstić information content (AvgIpc) is 3.12. The number of halogens is 1. The number of nitrogens with zero attached hydrogens (tertiary/aromatic N) is 2. The van der Waals surface area contributed by atoms with E-state index in [1.807, 2.05) is 19.9 Å². The first-order chi connectivity index (χ1) is 14.1. The van der Waals surface area contributed by atoms with Gasteiger partial charge in [-0.05, 0) is 110 Å². The van der Waals surface area contributed by atoms with E-state index in [2.05, 4.69) is 52.3 Å². The monoisotopic (exact) mass is 538 g/mol. The zero-order valence-electron chi connectivity index (χ0n) is 17.5. The summed E-state index contributed by atoms with van der Waals surface area (Å²) in [7, 11) is 0. The first-order valence-corrected chi connectivity index (χ1v) is 11.4. The van der Waals surface area contributed by atoms with Crippen LogP contribution in [-0.2, 0) is 14.3 Å². The summed E-state index contributed by atoms with van der Waals surface area (Å²) in [5.41, 5.74) is 5.10. The number of carbonyl (C=O) groups excluding carboxylic acids is 3. The van der Waals surface area contributed by atoms with Crippen molar-refractivity contribution >= 4 is 57.5 Å². The summed E-state index contributed by atoms with van der Waals surface area (Å²) in [5, 5.41) is -0.464. The highest BCUT2D eigenvalue weighted by atomic mass is 127. The number of rotatable bonds is 5. The number of carbonyl (C=O) groups is 3. The van der Waals surface area contributed by atoms with Crippen LogP contribution in [0.15, 0.2) is 29.2 Å². The number of imide groups is 1. The van der Waals surface area contributed by atoms with E-state index in [9.17, 15) is 14.4 Å². The Morgan fingerprint density at radius 3 is 2.57 bits per heavy atom. The van der Waals surface area contributed by atoms with E-state index in [1.165, 1.54) is 16.1 Å². The first-order valence-electron chi connectivity index (χ1n) is 9.54. The number of aryl methyl sites for hydroxylation is 2. The maximum absolute atomic E-state index is 12.8. The van der Waals surface area contributed by atoms with E-state index < -0.39 is 23.2 Å². The molecule has 0 N–H and O–H groups in total. The Kier molecular flexibility index (Phi) is 6.76. The summed E-state index contributed by atoms with van der Waals surface area (Å²) >= 11 is 3.15. The minimum atomic E-state index is -0.953. The molecule has 2 heterocycles. The third-order valence-corrected chi connectivity index (χ3v) is 7.09. The highest BCUT2D eigenvalue weighted by Gasteiger charge is 2.41. The highest BCUT2D eigenvalue weighted by Crippen LogP contribution is 2.35. The lowest BCUT2D eigenvalue weighted by Gasteiger charge is -2.19. The van der Waals surface area contributed by atoms with Crippen LogP contribution in [0.25, 0.3) is 11.8 Å². The van der Waals surface area contributed by atoms with Crippen LogP contribution in [0.5, 0.6) is 0 Å². The zero-order valence-corrected chi connectivity index (χ0v) is 20.5. The molecule has 1 aliphatic heterocycles. The molecule has 1 aromatic heterocycles. The average molecular weight is 538 g/mol. The van der Waals surface area contributed by atoms with Crippen LogP contribution in [-0.4, -0.2) is 39.2 Å². The number of benzene rings is 1. The molecule has 30 heavy (non-hydrogen) atoms. The van der Waals surface area contributed by atoms with Gasteiger partial charge in [-0.15, -0.1) is 0 Å². The van der Waals surface area contributed by atoms with Gasteiger partial charge >= 0.3 is 5.97 Å². The molecule has 0 bridgehead atoms. The molecule has 1 fully saturated rings. The molecule has 2 amide bonds. The van der Waals surface area contributed by atoms with Crippen molar-refractivity contribution in [3.63, 3.8) is 0 Å². The van der Waals surface area contributed by atoms with Crippen LogP contribution in [0.2, 0.25) is 0 Å². The molecule has 2 aromatic rings. The maximum atomic E-state index is 12.8. The molecular weight excluding hydrogens is 515 g/mol. The standard InChI is InChI=1S/C22H23IN2O4S/c1-6-29-21(27)15(5)25-20(26)19(30-22(25)28)11-16-10-13(3)24(14(16)4)17-7-8-18(23)12(2)9-17/h7-11,15H,6H2,1-5H3/b19-11-/t15-/m1/s1. The van der Waals surface area contributed by atoms with Gasteiger partial charge in [0.2, 0.25) is 0 Å². The number of thioether (sulfide) groups is 1. The van der Waals surface area contributed by atoms with Gasteiger partial charge in [0.15, 0.2) is 0 Å². The third-order valence-electron chi connectivity index (χ3n) is 5.00. The van der Waals surface area contributed by atoms with Gasteiger partial charge in [-0.1, -0.05) is 0 Å².